The number of benzene rings is 3. The van der Waals surface area contributed by atoms with Crippen molar-refractivity contribution in [1.82, 2.24) is 9.80 Å². The number of nitrogens with zero attached hydrogens (tertiary/aromatic N) is 2. The molecule has 0 fully saturated rings. The first-order valence-corrected chi connectivity index (χ1v) is 11.7. The zero-order chi connectivity index (χ0) is 26.8. The van der Waals surface area contributed by atoms with Gasteiger partial charge < -0.3 is 9.47 Å². The zero-order valence-electron chi connectivity index (χ0n) is 19.9. The molecular weight excluding hydrogens is 492 g/mol. The number of carbonyl (C=O) groups excluding carboxylic acids is 6. The van der Waals surface area contributed by atoms with Crippen LogP contribution in [0.5, 0.6) is 0 Å². The summed E-state index contributed by atoms with van der Waals surface area (Å²) in [6.07, 6.45) is 0. The molecule has 2 aliphatic heterocycles. The van der Waals surface area contributed by atoms with Gasteiger partial charge >= 0.3 is 11.9 Å². The molecule has 2 aliphatic rings. The van der Waals surface area contributed by atoms with Crippen molar-refractivity contribution < 1.29 is 38.2 Å². The van der Waals surface area contributed by atoms with Crippen LogP contribution in [-0.2, 0) is 9.47 Å². The number of imide groups is 2. The molecule has 0 N–H and O–H groups in total. The number of hydrogen-bond acceptors (Lipinski definition) is 8. The van der Waals surface area contributed by atoms with E-state index >= 15 is 0 Å². The van der Waals surface area contributed by atoms with Crippen LogP contribution in [0.1, 0.15) is 62.1 Å². The van der Waals surface area contributed by atoms with Gasteiger partial charge in [0.15, 0.2) is 0 Å². The highest BCUT2D eigenvalue weighted by Gasteiger charge is 2.36. The molecule has 5 rings (SSSR count). The minimum atomic E-state index is -0.838. The van der Waals surface area contributed by atoms with Gasteiger partial charge in [-0.2, -0.15) is 0 Å². The summed E-state index contributed by atoms with van der Waals surface area (Å²) in [6, 6.07) is 18.7. The summed E-state index contributed by atoms with van der Waals surface area (Å²) in [4.78, 5) is 77.2. The lowest BCUT2D eigenvalue weighted by Crippen LogP contribution is -2.34. The number of fused-ring (bicyclic) bond motifs is 2. The molecule has 0 aromatic heterocycles. The third-order valence-electron chi connectivity index (χ3n) is 6.22. The summed E-state index contributed by atoms with van der Waals surface area (Å²) < 4.78 is 10.5. The average Bonchev–Trinajstić information content (AvgIpc) is 3.33. The molecular formula is C28H20N2O8. The normalized spacial score (nSPS) is 14.0. The molecule has 190 valence electrons. The Hall–Kier alpha value is -5.12. The Morgan fingerprint density at radius 1 is 0.500 bits per heavy atom. The fourth-order valence-corrected chi connectivity index (χ4v) is 4.34. The molecule has 0 spiro atoms. The second-order valence-electron chi connectivity index (χ2n) is 8.43. The van der Waals surface area contributed by atoms with Crippen molar-refractivity contribution in [3.8, 4) is 0 Å². The maximum atomic E-state index is 12.7. The zero-order valence-corrected chi connectivity index (χ0v) is 19.9. The number of carbonyl (C=O) groups is 6. The molecule has 38 heavy (non-hydrogen) atoms. The van der Waals surface area contributed by atoms with Crippen molar-refractivity contribution in [2.45, 2.75) is 0 Å². The van der Waals surface area contributed by atoms with E-state index in [1.807, 2.05) is 0 Å². The fourth-order valence-electron chi connectivity index (χ4n) is 4.34. The van der Waals surface area contributed by atoms with E-state index in [1.54, 1.807) is 48.5 Å². The van der Waals surface area contributed by atoms with Gasteiger partial charge in [-0.15, -0.1) is 0 Å². The van der Waals surface area contributed by atoms with Crippen LogP contribution >= 0.6 is 0 Å². The van der Waals surface area contributed by atoms with Crippen molar-refractivity contribution in [3.05, 3.63) is 106 Å². The molecule has 4 amide bonds. The van der Waals surface area contributed by atoms with Crippen LogP contribution in [0.25, 0.3) is 0 Å². The minimum Gasteiger partial charge on any atom is -0.460 e. The Morgan fingerprint density at radius 2 is 0.789 bits per heavy atom. The van der Waals surface area contributed by atoms with E-state index in [1.165, 1.54) is 24.3 Å². The quantitative estimate of drug-likeness (QED) is 0.333. The van der Waals surface area contributed by atoms with Crippen LogP contribution in [0.15, 0.2) is 72.8 Å². The van der Waals surface area contributed by atoms with Gasteiger partial charge in [0, 0.05) is 0 Å². The van der Waals surface area contributed by atoms with E-state index in [2.05, 4.69) is 0 Å². The number of ether oxygens (including phenoxy) is 2. The summed E-state index contributed by atoms with van der Waals surface area (Å²) in [6.45, 7) is -0.836. The lowest BCUT2D eigenvalue weighted by molar-refractivity contribution is 0.0390. The molecule has 0 aliphatic carbocycles. The monoisotopic (exact) mass is 512 g/mol. The number of rotatable bonds is 8. The van der Waals surface area contributed by atoms with Crippen LogP contribution in [0.4, 0.5) is 0 Å². The SMILES string of the molecule is O=C(OCCN1C(=O)c2ccccc2C1=O)c1ccccc1C(=O)OCCN1C(=O)c2ccccc2C1=O. The fraction of sp³-hybridized carbons (Fsp3) is 0.143. The van der Waals surface area contributed by atoms with E-state index in [-0.39, 0.29) is 59.7 Å². The van der Waals surface area contributed by atoms with Crippen molar-refractivity contribution >= 4 is 35.6 Å². The van der Waals surface area contributed by atoms with Crippen LogP contribution in [0.3, 0.4) is 0 Å². The van der Waals surface area contributed by atoms with E-state index < -0.39 is 35.6 Å². The standard InChI is InChI=1S/C28H20N2O8/c31-23-17-7-1-2-8-18(17)24(32)29(23)13-15-37-27(35)21-11-5-6-12-22(21)28(36)38-16-14-30-25(33)19-9-3-4-10-20(19)26(30)34/h1-12H,13-16H2. The Kier molecular flexibility index (Phi) is 6.53. The van der Waals surface area contributed by atoms with Gasteiger partial charge in [-0.3, -0.25) is 29.0 Å². The maximum absolute atomic E-state index is 12.7. The van der Waals surface area contributed by atoms with Crippen LogP contribution in [-0.4, -0.2) is 71.7 Å². The largest absolute Gasteiger partial charge is 0.460 e. The maximum Gasteiger partial charge on any atom is 0.339 e. The summed E-state index contributed by atoms with van der Waals surface area (Å²) in [5, 5.41) is 0. The topological polar surface area (TPSA) is 127 Å². The molecule has 0 bridgehead atoms. The molecule has 2 heterocycles. The second kappa shape index (κ2) is 10.1. The van der Waals surface area contributed by atoms with E-state index in [0.29, 0.717) is 0 Å². The molecule has 0 saturated carbocycles. The van der Waals surface area contributed by atoms with E-state index in [0.717, 1.165) is 9.80 Å². The van der Waals surface area contributed by atoms with Crippen molar-refractivity contribution in [3.63, 3.8) is 0 Å². The lowest BCUT2D eigenvalue weighted by Gasteiger charge is -2.15. The first-order valence-electron chi connectivity index (χ1n) is 11.7. The highest BCUT2D eigenvalue weighted by Crippen LogP contribution is 2.23. The molecule has 10 nitrogen and oxygen atoms in total. The first kappa shape index (κ1) is 24.6. The Balaban J connectivity index is 1.16. The third kappa shape index (κ3) is 4.32. The van der Waals surface area contributed by atoms with Gasteiger partial charge in [0.25, 0.3) is 23.6 Å². The molecule has 3 aromatic rings. The van der Waals surface area contributed by atoms with E-state index in [4.69, 9.17) is 9.47 Å². The van der Waals surface area contributed by atoms with Crippen LogP contribution < -0.4 is 0 Å². The van der Waals surface area contributed by atoms with E-state index in [9.17, 15) is 28.8 Å². The van der Waals surface area contributed by atoms with Crippen LogP contribution in [0.2, 0.25) is 0 Å². The lowest BCUT2D eigenvalue weighted by atomic mass is 10.1. The Morgan fingerprint density at radius 3 is 1.11 bits per heavy atom. The minimum absolute atomic E-state index is 0.0689. The predicted molar refractivity (Wildman–Crippen MR) is 131 cm³/mol. The van der Waals surface area contributed by atoms with Crippen molar-refractivity contribution in [1.29, 1.82) is 0 Å². The summed E-state index contributed by atoms with van der Waals surface area (Å²) in [5.41, 5.74) is 1.02. The molecule has 0 radical (unpaired) electrons. The highest BCUT2D eigenvalue weighted by molar-refractivity contribution is 6.22. The molecule has 3 aromatic carbocycles. The summed E-state index contributed by atoms with van der Waals surface area (Å²) >= 11 is 0. The smallest absolute Gasteiger partial charge is 0.339 e. The highest BCUT2D eigenvalue weighted by atomic mass is 16.5. The first-order chi connectivity index (χ1) is 18.4. The van der Waals surface area contributed by atoms with Crippen molar-refractivity contribution in [2.24, 2.45) is 0 Å². The number of esters is 2. The van der Waals surface area contributed by atoms with Gasteiger partial charge in [0.2, 0.25) is 0 Å². The third-order valence-corrected chi connectivity index (χ3v) is 6.22. The average molecular weight is 512 g/mol. The van der Waals surface area contributed by atoms with Gasteiger partial charge in [-0.25, -0.2) is 9.59 Å². The van der Waals surface area contributed by atoms with Crippen LogP contribution in [0, 0.1) is 0 Å². The molecule has 0 saturated heterocycles. The summed E-state index contributed by atoms with van der Waals surface area (Å²) in [7, 11) is 0. The van der Waals surface area contributed by atoms with Gasteiger partial charge in [0.05, 0.1) is 46.5 Å². The predicted octanol–water partition coefficient (Wildman–Crippen LogP) is 2.59. The Bertz CT molecular complexity index is 1330. The van der Waals surface area contributed by atoms with Gasteiger partial charge in [-0.05, 0) is 36.4 Å². The molecule has 0 atom stereocenters. The van der Waals surface area contributed by atoms with Gasteiger partial charge in [0.1, 0.15) is 13.2 Å². The summed E-state index contributed by atoms with van der Waals surface area (Å²) in [5.74, 6) is -3.55. The van der Waals surface area contributed by atoms with Gasteiger partial charge in [-0.1, -0.05) is 36.4 Å². The number of hydrogen-bond donors (Lipinski definition) is 0. The van der Waals surface area contributed by atoms with Crippen molar-refractivity contribution in [2.75, 3.05) is 26.3 Å². The molecule has 10 heteroatoms. The molecule has 0 unspecified atom stereocenters. The Labute approximate surface area is 216 Å². The number of amides is 4. The second-order valence-corrected chi connectivity index (χ2v) is 8.43.